The van der Waals surface area contributed by atoms with E-state index in [4.69, 9.17) is 4.74 Å². The van der Waals surface area contributed by atoms with E-state index in [1.54, 1.807) is 11.8 Å². The number of nitrogens with zero attached hydrogens (tertiary/aromatic N) is 2. The van der Waals surface area contributed by atoms with Crippen LogP contribution in [0.4, 0.5) is 4.79 Å². The molecule has 10 heteroatoms. The number of hydrogen-bond donors (Lipinski definition) is 2. The van der Waals surface area contributed by atoms with Gasteiger partial charge >= 0.3 is 6.09 Å². The van der Waals surface area contributed by atoms with Crippen LogP contribution in [0, 0.1) is 0 Å². The van der Waals surface area contributed by atoms with Gasteiger partial charge in [0.2, 0.25) is 5.91 Å². The lowest BCUT2D eigenvalue weighted by Gasteiger charge is -2.08. The number of thiophene rings is 1. The molecular formula is C16H16N4O4S2. The Labute approximate surface area is 157 Å². The summed E-state index contributed by atoms with van der Waals surface area (Å²) in [5.74, 6) is 1.09. The Kier molecular flexibility index (Phi) is 6.45. The highest BCUT2D eigenvalue weighted by Crippen LogP contribution is 2.16. The van der Waals surface area contributed by atoms with E-state index in [1.165, 1.54) is 11.3 Å². The van der Waals surface area contributed by atoms with Gasteiger partial charge in [0.15, 0.2) is 0 Å². The largest absolute Gasteiger partial charge is 0.447 e. The minimum absolute atomic E-state index is 0.213. The van der Waals surface area contributed by atoms with Gasteiger partial charge in [-0.15, -0.1) is 0 Å². The molecule has 0 bridgehead atoms. The van der Waals surface area contributed by atoms with Crippen molar-refractivity contribution in [2.24, 2.45) is 0 Å². The van der Waals surface area contributed by atoms with E-state index < -0.39 is 6.09 Å². The Morgan fingerprint density at radius 3 is 2.88 bits per heavy atom. The van der Waals surface area contributed by atoms with Crippen molar-refractivity contribution >= 4 is 46.1 Å². The van der Waals surface area contributed by atoms with Crippen LogP contribution < -0.4 is 10.9 Å². The van der Waals surface area contributed by atoms with Crippen LogP contribution >= 0.6 is 23.1 Å². The van der Waals surface area contributed by atoms with Crippen LogP contribution in [-0.2, 0) is 21.7 Å². The summed E-state index contributed by atoms with van der Waals surface area (Å²) < 4.78 is 9.66. The third-order valence-corrected chi connectivity index (χ3v) is 5.02. The molecular weight excluding hydrogens is 376 g/mol. The lowest BCUT2D eigenvalue weighted by Crippen LogP contribution is -2.42. The molecule has 0 aliphatic carbocycles. The topological polar surface area (TPSA) is 106 Å². The third-order valence-electron chi connectivity index (χ3n) is 3.30. The molecule has 1 aromatic carbocycles. The van der Waals surface area contributed by atoms with Gasteiger partial charge in [0.05, 0.1) is 6.42 Å². The van der Waals surface area contributed by atoms with Gasteiger partial charge in [-0.1, -0.05) is 6.07 Å². The number of nitrogens with one attached hydrogen (secondary N) is 2. The molecule has 0 saturated heterocycles. The summed E-state index contributed by atoms with van der Waals surface area (Å²) in [6.45, 7) is 0.241. The minimum atomic E-state index is -0.681. The van der Waals surface area contributed by atoms with Crippen molar-refractivity contribution in [2.45, 2.75) is 12.2 Å². The summed E-state index contributed by atoms with van der Waals surface area (Å²) >= 11 is 3.13. The van der Waals surface area contributed by atoms with Crippen LogP contribution in [0.25, 0.3) is 11.0 Å². The normalized spacial score (nSPS) is 10.6. The van der Waals surface area contributed by atoms with Crippen LogP contribution in [0.1, 0.15) is 11.1 Å². The van der Waals surface area contributed by atoms with Gasteiger partial charge in [0.1, 0.15) is 17.6 Å². The second-order valence-electron chi connectivity index (χ2n) is 5.26. The number of hydrazine groups is 1. The molecule has 0 saturated carbocycles. The zero-order valence-corrected chi connectivity index (χ0v) is 15.3. The fourth-order valence-corrected chi connectivity index (χ4v) is 3.51. The maximum absolute atomic E-state index is 11.6. The van der Waals surface area contributed by atoms with E-state index in [9.17, 15) is 9.59 Å². The van der Waals surface area contributed by atoms with Crippen molar-refractivity contribution in [3.8, 4) is 0 Å². The van der Waals surface area contributed by atoms with Gasteiger partial charge in [-0.2, -0.15) is 23.1 Å². The lowest BCUT2D eigenvalue weighted by atomic mass is 10.2. The van der Waals surface area contributed by atoms with Crippen LogP contribution in [-0.4, -0.2) is 34.7 Å². The highest BCUT2D eigenvalue weighted by molar-refractivity contribution is 7.98. The van der Waals surface area contributed by atoms with Gasteiger partial charge in [-0.3, -0.25) is 10.2 Å². The average molecular weight is 392 g/mol. The molecule has 136 valence electrons. The number of carbonyl (C=O) groups excluding carboxylic acids is 2. The Morgan fingerprint density at radius 2 is 2.04 bits per heavy atom. The van der Waals surface area contributed by atoms with Crippen molar-refractivity contribution in [2.75, 3.05) is 12.4 Å². The number of aromatic nitrogens is 2. The number of fused-ring (bicyclic) bond motifs is 1. The standard InChI is InChI=1S/C16H16N4O4S2/c21-15(8-12-3-5-25-10-12)17-18-16(22)23-4-6-26-9-11-1-2-13-14(7-11)20-24-19-13/h1-3,5,7,10H,4,6,8-9H2,(H,17,21)(H,18,22). The molecule has 0 spiro atoms. The Balaban J connectivity index is 1.27. The van der Waals surface area contributed by atoms with Crippen molar-refractivity contribution in [3.05, 3.63) is 46.2 Å². The molecule has 0 unspecified atom stereocenters. The predicted molar refractivity (Wildman–Crippen MR) is 98.6 cm³/mol. The van der Waals surface area contributed by atoms with Crippen molar-refractivity contribution in [3.63, 3.8) is 0 Å². The second kappa shape index (κ2) is 9.20. The van der Waals surface area contributed by atoms with Crippen molar-refractivity contribution < 1.29 is 19.0 Å². The van der Waals surface area contributed by atoms with Crippen LogP contribution in [0.2, 0.25) is 0 Å². The van der Waals surface area contributed by atoms with E-state index in [0.717, 1.165) is 27.9 Å². The van der Waals surface area contributed by atoms with Gasteiger partial charge in [0, 0.05) is 11.5 Å². The zero-order chi connectivity index (χ0) is 18.2. The third kappa shape index (κ3) is 5.46. The predicted octanol–water partition coefficient (Wildman–Crippen LogP) is 2.52. The van der Waals surface area contributed by atoms with Gasteiger partial charge < -0.3 is 4.74 Å². The van der Waals surface area contributed by atoms with Crippen LogP contribution in [0.15, 0.2) is 39.7 Å². The van der Waals surface area contributed by atoms with Gasteiger partial charge in [0.25, 0.3) is 0 Å². The smallest absolute Gasteiger partial charge is 0.426 e. The Bertz CT molecular complexity index is 866. The molecule has 0 aliphatic rings. The number of rotatable bonds is 7. The number of amides is 2. The summed E-state index contributed by atoms with van der Waals surface area (Å²) in [6, 6.07) is 7.58. The lowest BCUT2D eigenvalue weighted by molar-refractivity contribution is -0.121. The number of hydrogen-bond acceptors (Lipinski definition) is 8. The summed E-state index contributed by atoms with van der Waals surface area (Å²) in [6.07, 6.45) is -0.468. The fraction of sp³-hybridized carbons (Fsp3) is 0.250. The zero-order valence-electron chi connectivity index (χ0n) is 13.6. The highest BCUT2D eigenvalue weighted by Gasteiger charge is 2.07. The molecule has 26 heavy (non-hydrogen) atoms. The average Bonchev–Trinajstić information content (AvgIpc) is 3.30. The van der Waals surface area contributed by atoms with E-state index in [2.05, 4.69) is 25.8 Å². The first-order valence-electron chi connectivity index (χ1n) is 7.72. The molecule has 2 amide bonds. The minimum Gasteiger partial charge on any atom is -0.447 e. The van der Waals surface area contributed by atoms with E-state index in [0.29, 0.717) is 5.75 Å². The molecule has 2 aromatic heterocycles. The summed E-state index contributed by atoms with van der Waals surface area (Å²) in [5.41, 5.74) is 7.97. The van der Waals surface area contributed by atoms with E-state index >= 15 is 0 Å². The number of ether oxygens (including phenoxy) is 1. The molecule has 0 aliphatic heterocycles. The maximum Gasteiger partial charge on any atom is 0.426 e. The summed E-state index contributed by atoms with van der Waals surface area (Å²) in [5, 5.41) is 11.3. The van der Waals surface area contributed by atoms with Gasteiger partial charge in [-0.05, 0) is 50.4 Å². The molecule has 0 radical (unpaired) electrons. The monoisotopic (exact) mass is 392 g/mol. The van der Waals surface area contributed by atoms with E-state index in [1.807, 2.05) is 35.0 Å². The van der Waals surface area contributed by atoms with Crippen LogP contribution in [0.3, 0.4) is 0 Å². The van der Waals surface area contributed by atoms with E-state index in [-0.39, 0.29) is 18.9 Å². The van der Waals surface area contributed by atoms with Crippen molar-refractivity contribution in [1.29, 1.82) is 0 Å². The first kappa shape index (κ1) is 18.2. The summed E-state index contributed by atoms with van der Waals surface area (Å²) in [7, 11) is 0. The highest BCUT2D eigenvalue weighted by atomic mass is 32.2. The van der Waals surface area contributed by atoms with Crippen LogP contribution in [0.5, 0.6) is 0 Å². The number of thioether (sulfide) groups is 1. The second-order valence-corrected chi connectivity index (χ2v) is 7.14. The maximum atomic E-state index is 11.6. The molecule has 3 aromatic rings. The molecule has 2 heterocycles. The summed E-state index contributed by atoms with van der Waals surface area (Å²) in [4.78, 5) is 23.1. The van der Waals surface area contributed by atoms with Crippen molar-refractivity contribution in [1.82, 2.24) is 21.2 Å². The fourth-order valence-electron chi connectivity index (χ4n) is 2.08. The number of carbonyl (C=O) groups is 2. The molecule has 3 rings (SSSR count). The quantitative estimate of drug-likeness (QED) is 0.470. The molecule has 2 N–H and O–H groups in total. The molecule has 0 fully saturated rings. The number of benzene rings is 1. The first-order valence-corrected chi connectivity index (χ1v) is 9.82. The Morgan fingerprint density at radius 1 is 1.15 bits per heavy atom. The molecule has 8 nitrogen and oxygen atoms in total. The van der Waals surface area contributed by atoms with Gasteiger partial charge in [-0.25, -0.2) is 14.8 Å². The molecule has 0 atom stereocenters. The Hall–Kier alpha value is -2.59. The SMILES string of the molecule is O=C(Cc1ccsc1)NNC(=O)OCCSCc1ccc2nonc2c1. The first-order chi connectivity index (χ1) is 12.7.